The Hall–Kier alpha value is -1.93. The normalized spacial score (nSPS) is 25.6. The number of H-pyrrole nitrogens is 1. The molecule has 25 heavy (non-hydrogen) atoms. The molecule has 1 aromatic carbocycles. The molecular weight excluding hydrogens is 340 g/mol. The Labute approximate surface area is 145 Å². The summed E-state index contributed by atoms with van der Waals surface area (Å²) < 4.78 is 30.0. The predicted octanol–water partition coefficient (Wildman–Crippen LogP) is 0.838. The van der Waals surface area contributed by atoms with Gasteiger partial charge in [-0.15, -0.1) is 0 Å². The molecule has 1 fully saturated rings. The molecule has 1 aliphatic carbocycles. The van der Waals surface area contributed by atoms with Gasteiger partial charge in [-0.05, 0) is 55.4 Å². The van der Waals surface area contributed by atoms with Gasteiger partial charge in [0.1, 0.15) is 5.82 Å². The van der Waals surface area contributed by atoms with Crippen LogP contribution in [0.15, 0.2) is 27.9 Å². The van der Waals surface area contributed by atoms with Crippen LogP contribution >= 0.6 is 0 Å². The van der Waals surface area contributed by atoms with E-state index in [9.17, 15) is 13.2 Å². The van der Waals surface area contributed by atoms with Gasteiger partial charge in [0.2, 0.25) is 10.0 Å². The standard InChI is InChI=1S/C17H20N4O3S/c22-17-19-18-16-9-13-5-6-14(10-20(16)17)21(13)25(23,24)15-7-4-11-2-1-3-12(11)8-15/h4,7-8,13-14H,1-3,5-6,9-10H2,(H,19,22). The fraction of sp³-hybridized carbons (Fsp3) is 0.529. The van der Waals surface area contributed by atoms with Crippen molar-refractivity contribution in [1.82, 2.24) is 19.1 Å². The SMILES string of the molecule is O=c1[nH]nc2n1CC1CCC(C2)N1S(=O)(=O)c1ccc2c(c1)CCC2. The molecule has 132 valence electrons. The van der Waals surface area contributed by atoms with E-state index in [-0.39, 0.29) is 17.8 Å². The zero-order valence-electron chi connectivity index (χ0n) is 13.8. The summed E-state index contributed by atoms with van der Waals surface area (Å²) in [6, 6.07) is 5.26. The van der Waals surface area contributed by atoms with Gasteiger partial charge in [-0.2, -0.15) is 9.40 Å². The molecular formula is C17H20N4O3S. The van der Waals surface area contributed by atoms with E-state index in [0.717, 1.165) is 37.7 Å². The lowest BCUT2D eigenvalue weighted by Gasteiger charge is -2.27. The molecule has 8 heteroatoms. The van der Waals surface area contributed by atoms with Crippen molar-refractivity contribution < 1.29 is 8.42 Å². The summed E-state index contributed by atoms with van der Waals surface area (Å²) in [4.78, 5) is 12.3. The molecule has 1 saturated heterocycles. The number of aryl methyl sites for hydroxylation is 2. The molecule has 2 unspecified atom stereocenters. The minimum absolute atomic E-state index is 0.125. The number of rotatable bonds is 2. The minimum atomic E-state index is -3.57. The van der Waals surface area contributed by atoms with Gasteiger partial charge in [-0.3, -0.25) is 4.57 Å². The maximum atomic E-state index is 13.4. The third-order valence-electron chi connectivity index (χ3n) is 5.85. The first-order chi connectivity index (χ1) is 12.0. The Morgan fingerprint density at radius 3 is 2.80 bits per heavy atom. The van der Waals surface area contributed by atoms with E-state index in [1.807, 2.05) is 12.1 Å². The Balaban J connectivity index is 1.55. The smallest absolute Gasteiger partial charge is 0.277 e. The highest BCUT2D eigenvalue weighted by Crippen LogP contribution is 2.36. The maximum absolute atomic E-state index is 13.4. The van der Waals surface area contributed by atoms with Gasteiger partial charge in [0.05, 0.1) is 4.90 Å². The molecule has 3 aliphatic rings. The molecule has 2 aliphatic heterocycles. The van der Waals surface area contributed by atoms with Crippen LogP contribution in [-0.4, -0.2) is 39.6 Å². The second kappa shape index (κ2) is 5.28. The third kappa shape index (κ3) is 2.23. The summed E-state index contributed by atoms with van der Waals surface area (Å²) in [5.74, 6) is 0.659. The number of sulfonamides is 1. The quantitative estimate of drug-likeness (QED) is 0.860. The fourth-order valence-corrected chi connectivity index (χ4v) is 6.55. The second-order valence-corrected chi connectivity index (χ2v) is 9.11. The van der Waals surface area contributed by atoms with E-state index < -0.39 is 10.0 Å². The lowest BCUT2D eigenvalue weighted by atomic mass is 10.1. The first-order valence-corrected chi connectivity index (χ1v) is 10.3. The zero-order valence-corrected chi connectivity index (χ0v) is 14.6. The molecule has 7 nitrogen and oxygen atoms in total. The molecule has 1 N–H and O–H groups in total. The summed E-state index contributed by atoms with van der Waals surface area (Å²) in [6.45, 7) is 0.380. The highest BCUT2D eigenvalue weighted by Gasteiger charge is 2.45. The first kappa shape index (κ1) is 15.3. The average molecular weight is 360 g/mol. The molecule has 2 bridgehead atoms. The number of benzene rings is 1. The largest absolute Gasteiger partial charge is 0.343 e. The Kier molecular flexibility index (Phi) is 3.24. The summed E-state index contributed by atoms with van der Waals surface area (Å²) >= 11 is 0. The van der Waals surface area contributed by atoms with Gasteiger partial charge in [0.15, 0.2) is 0 Å². The zero-order chi connectivity index (χ0) is 17.2. The van der Waals surface area contributed by atoms with Crippen molar-refractivity contribution in [1.29, 1.82) is 0 Å². The maximum Gasteiger partial charge on any atom is 0.343 e. The van der Waals surface area contributed by atoms with Crippen LogP contribution in [0.5, 0.6) is 0 Å². The highest BCUT2D eigenvalue weighted by atomic mass is 32.2. The molecule has 2 aromatic rings. The van der Waals surface area contributed by atoms with Gasteiger partial charge < -0.3 is 0 Å². The van der Waals surface area contributed by atoms with Crippen LogP contribution in [0.4, 0.5) is 0 Å². The van der Waals surface area contributed by atoms with Crippen molar-refractivity contribution in [2.75, 3.05) is 0 Å². The minimum Gasteiger partial charge on any atom is -0.277 e. The Morgan fingerprint density at radius 1 is 1.12 bits per heavy atom. The summed E-state index contributed by atoms with van der Waals surface area (Å²) in [5, 5.41) is 6.55. The van der Waals surface area contributed by atoms with Gasteiger partial charge in [-0.25, -0.2) is 18.3 Å². The monoisotopic (exact) mass is 360 g/mol. The molecule has 0 amide bonds. The van der Waals surface area contributed by atoms with Crippen molar-refractivity contribution in [2.24, 2.45) is 0 Å². The first-order valence-electron chi connectivity index (χ1n) is 8.83. The number of nitrogens with zero attached hydrogens (tertiary/aromatic N) is 3. The summed E-state index contributed by atoms with van der Waals surface area (Å²) in [5.41, 5.74) is 2.18. The number of hydrogen-bond acceptors (Lipinski definition) is 4. The van der Waals surface area contributed by atoms with Crippen LogP contribution in [0, 0.1) is 0 Å². The van der Waals surface area contributed by atoms with Crippen LogP contribution in [-0.2, 0) is 35.8 Å². The van der Waals surface area contributed by atoms with Gasteiger partial charge in [0, 0.05) is 25.0 Å². The average Bonchev–Trinajstić information content (AvgIpc) is 3.25. The van der Waals surface area contributed by atoms with Crippen molar-refractivity contribution >= 4 is 10.0 Å². The molecule has 2 atom stereocenters. The van der Waals surface area contributed by atoms with Crippen molar-refractivity contribution in [3.05, 3.63) is 45.6 Å². The van der Waals surface area contributed by atoms with Crippen molar-refractivity contribution in [3.8, 4) is 0 Å². The van der Waals surface area contributed by atoms with E-state index in [0.29, 0.717) is 23.7 Å². The number of nitrogens with one attached hydrogen (secondary N) is 1. The molecule has 0 saturated carbocycles. The van der Waals surface area contributed by atoms with Crippen LogP contribution in [0.2, 0.25) is 0 Å². The number of aromatic amines is 1. The van der Waals surface area contributed by atoms with E-state index in [1.54, 1.807) is 14.9 Å². The van der Waals surface area contributed by atoms with E-state index in [4.69, 9.17) is 0 Å². The topological polar surface area (TPSA) is 88.1 Å². The van der Waals surface area contributed by atoms with E-state index >= 15 is 0 Å². The summed E-state index contributed by atoms with van der Waals surface area (Å²) in [7, 11) is -3.57. The van der Waals surface area contributed by atoms with E-state index in [2.05, 4.69) is 10.2 Å². The lowest BCUT2D eigenvalue weighted by Crippen LogP contribution is -2.42. The third-order valence-corrected chi connectivity index (χ3v) is 7.85. The molecule has 0 spiro atoms. The van der Waals surface area contributed by atoms with Crippen LogP contribution in [0.3, 0.4) is 0 Å². The summed E-state index contributed by atoms with van der Waals surface area (Å²) in [6.07, 6.45) is 5.17. The molecule has 0 radical (unpaired) electrons. The van der Waals surface area contributed by atoms with Crippen LogP contribution in [0.1, 0.15) is 36.2 Å². The van der Waals surface area contributed by atoms with Crippen LogP contribution < -0.4 is 5.69 Å². The van der Waals surface area contributed by atoms with Gasteiger partial charge in [0.25, 0.3) is 0 Å². The molecule has 5 rings (SSSR count). The fourth-order valence-electron chi connectivity index (χ4n) is 4.64. The number of aromatic nitrogens is 3. The lowest BCUT2D eigenvalue weighted by molar-refractivity contribution is 0.314. The second-order valence-electron chi connectivity index (χ2n) is 7.26. The molecule has 1 aromatic heterocycles. The van der Waals surface area contributed by atoms with E-state index in [1.165, 1.54) is 5.56 Å². The van der Waals surface area contributed by atoms with Gasteiger partial charge >= 0.3 is 5.69 Å². The number of hydrogen-bond donors (Lipinski definition) is 1. The van der Waals surface area contributed by atoms with Crippen molar-refractivity contribution in [2.45, 2.75) is 62.0 Å². The molecule has 3 heterocycles. The Morgan fingerprint density at radius 2 is 1.92 bits per heavy atom. The van der Waals surface area contributed by atoms with Crippen LogP contribution in [0.25, 0.3) is 0 Å². The van der Waals surface area contributed by atoms with Crippen molar-refractivity contribution in [3.63, 3.8) is 0 Å². The Bertz CT molecular complexity index is 1010. The number of fused-ring (bicyclic) bond motifs is 4. The van der Waals surface area contributed by atoms with Gasteiger partial charge in [-0.1, -0.05) is 6.07 Å². The predicted molar refractivity (Wildman–Crippen MR) is 90.9 cm³/mol. The highest BCUT2D eigenvalue weighted by molar-refractivity contribution is 7.89.